The van der Waals surface area contributed by atoms with Crippen molar-refractivity contribution < 1.29 is 0 Å². The summed E-state index contributed by atoms with van der Waals surface area (Å²) in [5, 5.41) is 1.48. The van der Waals surface area contributed by atoms with Crippen molar-refractivity contribution in [2.45, 2.75) is 26.6 Å². The molecule has 0 N–H and O–H groups in total. The van der Waals surface area contributed by atoms with Crippen molar-refractivity contribution in [1.82, 2.24) is 0 Å². The molecule has 1 aromatic rings. The van der Waals surface area contributed by atoms with Gasteiger partial charge in [-0.2, -0.15) is 0 Å². The van der Waals surface area contributed by atoms with Crippen molar-refractivity contribution in [3.05, 3.63) is 26.6 Å². The number of aryl methyl sites for hydroxylation is 1. The zero-order chi connectivity index (χ0) is 10.2. The summed E-state index contributed by atoms with van der Waals surface area (Å²) in [5.74, 6) is 0. The average Bonchev–Trinajstić information content (AvgIpc) is 1.98. The minimum absolute atomic E-state index is 1.20. The molecule has 0 amide bonds. The summed E-state index contributed by atoms with van der Waals surface area (Å²) in [6, 6.07) is 4.43. The van der Waals surface area contributed by atoms with Crippen LogP contribution in [0.3, 0.4) is 0 Å². The highest BCUT2D eigenvalue weighted by atomic mass is 79.9. The van der Waals surface area contributed by atoms with Gasteiger partial charge in [-0.3, -0.25) is 0 Å². The molecule has 1 aromatic carbocycles. The van der Waals surface area contributed by atoms with Crippen LogP contribution in [0, 0.1) is 6.92 Å². The van der Waals surface area contributed by atoms with E-state index in [1.54, 1.807) is 0 Å². The highest BCUT2D eigenvalue weighted by Crippen LogP contribution is 2.26. The standard InChI is InChI=1S/C10H14Br2Si/c1-7-5-6-8(13(2,3)4)10(12)9(7)11/h5-6H,1-4H3. The molecule has 1 rings (SSSR count). The minimum atomic E-state index is -1.21. The van der Waals surface area contributed by atoms with E-state index in [1.807, 2.05) is 0 Å². The second kappa shape index (κ2) is 3.87. The molecule has 0 saturated carbocycles. The van der Waals surface area contributed by atoms with Crippen LogP contribution in [0.25, 0.3) is 0 Å². The Morgan fingerprint density at radius 3 is 2.00 bits per heavy atom. The van der Waals surface area contributed by atoms with Crippen LogP contribution in [-0.2, 0) is 0 Å². The lowest BCUT2D eigenvalue weighted by Crippen LogP contribution is -2.38. The first-order valence-electron chi connectivity index (χ1n) is 4.29. The van der Waals surface area contributed by atoms with Gasteiger partial charge in [0.15, 0.2) is 0 Å². The fraction of sp³-hybridized carbons (Fsp3) is 0.400. The molecule has 13 heavy (non-hydrogen) atoms. The Balaban J connectivity index is 3.35. The third-order valence-corrected chi connectivity index (χ3v) is 6.86. The van der Waals surface area contributed by atoms with Gasteiger partial charge in [0.1, 0.15) is 0 Å². The van der Waals surface area contributed by atoms with E-state index >= 15 is 0 Å². The van der Waals surface area contributed by atoms with Gasteiger partial charge in [-0.1, -0.05) is 31.8 Å². The summed E-state index contributed by atoms with van der Waals surface area (Å²) in [4.78, 5) is 0. The largest absolute Gasteiger partial charge is 0.0791 e. The Labute approximate surface area is 98.0 Å². The van der Waals surface area contributed by atoms with Crippen LogP contribution in [0.15, 0.2) is 21.1 Å². The average molecular weight is 322 g/mol. The summed E-state index contributed by atoms with van der Waals surface area (Å²) in [6.45, 7) is 9.18. The van der Waals surface area contributed by atoms with Crippen LogP contribution in [0.4, 0.5) is 0 Å². The topological polar surface area (TPSA) is 0 Å². The molecule has 0 heterocycles. The van der Waals surface area contributed by atoms with Crippen LogP contribution in [0.1, 0.15) is 5.56 Å². The van der Waals surface area contributed by atoms with Gasteiger partial charge in [0.05, 0.1) is 8.07 Å². The van der Waals surface area contributed by atoms with Gasteiger partial charge in [-0.05, 0) is 49.5 Å². The van der Waals surface area contributed by atoms with Gasteiger partial charge >= 0.3 is 0 Å². The van der Waals surface area contributed by atoms with Crippen molar-refractivity contribution >= 4 is 45.1 Å². The Kier molecular flexibility index (Phi) is 3.42. The summed E-state index contributed by atoms with van der Waals surface area (Å²) in [5.41, 5.74) is 1.29. The van der Waals surface area contributed by atoms with Crippen LogP contribution < -0.4 is 5.19 Å². The van der Waals surface area contributed by atoms with Crippen molar-refractivity contribution in [3.8, 4) is 0 Å². The molecule has 0 aliphatic heterocycles. The third kappa shape index (κ3) is 2.45. The highest BCUT2D eigenvalue weighted by Gasteiger charge is 2.20. The summed E-state index contributed by atoms with van der Waals surface area (Å²) >= 11 is 7.25. The van der Waals surface area contributed by atoms with Crippen LogP contribution in [-0.4, -0.2) is 8.07 Å². The van der Waals surface area contributed by atoms with Gasteiger partial charge in [0.2, 0.25) is 0 Å². The number of halogens is 2. The van der Waals surface area contributed by atoms with Crippen molar-refractivity contribution in [2.24, 2.45) is 0 Å². The molecule has 0 saturated heterocycles. The highest BCUT2D eigenvalue weighted by molar-refractivity contribution is 9.13. The van der Waals surface area contributed by atoms with Gasteiger partial charge in [-0.25, -0.2) is 0 Å². The van der Waals surface area contributed by atoms with Crippen molar-refractivity contribution in [1.29, 1.82) is 0 Å². The third-order valence-electron chi connectivity index (χ3n) is 2.08. The first-order valence-corrected chi connectivity index (χ1v) is 9.37. The quantitative estimate of drug-likeness (QED) is 0.684. The Bertz CT molecular complexity index is 326. The van der Waals surface area contributed by atoms with Crippen molar-refractivity contribution in [3.63, 3.8) is 0 Å². The first-order chi connectivity index (χ1) is 5.84. The normalized spacial score (nSPS) is 11.8. The maximum Gasteiger partial charge on any atom is 0.0791 e. The smallest absolute Gasteiger partial charge is 0.0656 e. The van der Waals surface area contributed by atoms with Gasteiger partial charge in [0.25, 0.3) is 0 Å². The fourth-order valence-electron chi connectivity index (χ4n) is 1.23. The molecule has 0 radical (unpaired) electrons. The van der Waals surface area contributed by atoms with Crippen LogP contribution >= 0.6 is 31.9 Å². The number of rotatable bonds is 1. The van der Waals surface area contributed by atoms with E-state index < -0.39 is 8.07 Å². The Morgan fingerprint density at radius 1 is 1.00 bits per heavy atom. The molecular formula is C10H14Br2Si. The summed E-state index contributed by atoms with van der Waals surface area (Å²) in [7, 11) is -1.21. The van der Waals surface area contributed by atoms with Gasteiger partial charge < -0.3 is 0 Å². The molecule has 72 valence electrons. The minimum Gasteiger partial charge on any atom is -0.0656 e. The van der Waals surface area contributed by atoms with Gasteiger partial charge in [0, 0.05) is 8.95 Å². The summed E-state index contributed by atoms with van der Waals surface area (Å²) in [6.07, 6.45) is 0. The van der Waals surface area contributed by atoms with E-state index in [0.717, 1.165) is 0 Å². The van der Waals surface area contributed by atoms with Crippen molar-refractivity contribution in [2.75, 3.05) is 0 Å². The zero-order valence-electron chi connectivity index (χ0n) is 8.41. The maximum atomic E-state index is 3.65. The molecule has 0 spiro atoms. The van der Waals surface area contributed by atoms with Crippen LogP contribution in [0.2, 0.25) is 19.6 Å². The molecule has 0 nitrogen and oxygen atoms in total. The molecule has 3 heteroatoms. The predicted octanol–water partition coefficient (Wildman–Crippen LogP) is 4.07. The SMILES string of the molecule is Cc1ccc([Si](C)(C)C)c(Br)c1Br. The van der Waals surface area contributed by atoms with E-state index in [-0.39, 0.29) is 0 Å². The molecule has 0 aliphatic carbocycles. The van der Waals surface area contributed by atoms with E-state index in [4.69, 9.17) is 0 Å². The van der Waals surface area contributed by atoms with E-state index in [2.05, 4.69) is 70.6 Å². The number of hydrogen-bond donors (Lipinski definition) is 0. The monoisotopic (exact) mass is 320 g/mol. The predicted molar refractivity (Wildman–Crippen MR) is 69.6 cm³/mol. The van der Waals surface area contributed by atoms with E-state index in [0.29, 0.717) is 0 Å². The molecule has 0 aromatic heterocycles. The number of benzene rings is 1. The summed E-state index contributed by atoms with van der Waals surface area (Å²) < 4.78 is 2.44. The Morgan fingerprint density at radius 2 is 1.54 bits per heavy atom. The first kappa shape index (κ1) is 11.5. The molecule has 0 aliphatic rings. The molecule has 0 bridgehead atoms. The lowest BCUT2D eigenvalue weighted by atomic mass is 10.2. The molecule has 0 fully saturated rings. The number of hydrogen-bond acceptors (Lipinski definition) is 0. The molecule has 0 unspecified atom stereocenters. The Hall–Kier alpha value is 0.397. The van der Waals surface area contributed by atoms with E-state index in [9.17, 15) is 0 Å². The van der Waals surface area contributed by atoms with Gasteiger partial charge in [-0.15, -0.1) is 0 Å². The second-order valence-corrected chi connectivity index (χ2v) is 10.9. The van der Waals surface area contributed by atoms with E-state index in [1.165, 1.54) is 19.7 Å². The molecule has 0 atom stereocenters. The maximum absolute atomic E-state index is 3.65. The van der Waals surface area contributed by atoms with Crippen LogP contribution in [0.5, 0.6) is 0 Å². The molecular weight excluding hydrogens is 308 g/mol. The second-order valence-electron chi connectivity index (χ2n) is 4.31. The lowest BCUT2D eigenvalue weighted by Gasteiger charge is -2.20. The zero-order valence-corrected chi connectivity index (χ0v) is 12.6. The fourth-order valence-corrected chi connectivity index (χ4v) is 5.35. The lowest BCUT2D eigenvalue weighted by molar-refractivity contribution is 1.42.